The minimum absolute atomic E-state index is 0.158. The Bertz CT molecular complexity index is 540. The Morgan fingerprint density at radius 2 is 2.15 bits per heavy atom. The molecule has 20 heavy (non-hydrogen) atoms. The first-order chi connectivity index (χ1) is 9.70. The first kappa shape index (κ1) is 14.2. The zero-order valence-electron chi connectivity index (χ0n) is 11.4. The maximum atomic E-state index is 12.1. The molecule has 6 nitrogen and oxygen atoms in total. The normalized spacial score (nSPS) is 14.4. The zero-order chi connectivity index (χ0) is 14.4. The van der Waals surface area contributed by atoms with Crippen molar-refractivity contribution < 1.29 is 9.59 Å². The van der Waals surface area contributed by atoms with Crippen molar-refractivity contribution in [3.8, 4) is 0 Å². The number of hydrogen-bond acceptors (Lipinski definition) is 4. The number of anilines is 1. The summed E-state index contributed by atoms with van der Waals surface area (Å²) in [6.07, 6.45) is 0.665. The molecular formula is C14H18N4O2. The van der Waals surface area contributed by atoms with Crippen LogP contribution in [0.25, 0.3) is 0 Å². The SMILES string of the molecule is CCNCc1ccccc1NC(=O)C1=NNC(=O)CC1. The van der Waals surface area contributed by atoms with Crippen molar-refractivity contribution in [2.45, 2.75) is 26.3 Å². The van der Waals surface area contributed by atoms with E-state index in [0.29, 0.717) is 25.1 Å². The summed E-state index contributed by atoms with van der Waals surface area (Å²) in [4.78, 5) is 23.1. The van der Waals surface area contributed by atoms with Crippen LogP contribution in [0.1, 0.15) is 25.3 Å². The summed E-state index contributed by atoms with van der Waals surface area (Å²) in [6, 6.07) is 7.62. The number of amides is 2. The number of benzene rings is 1. The van der Waals surface area contributed by atoms with E-state index in [9.17, 15) is 9.59 Å². The molecule has 0 aliphatic carbocycles. The standard InChI is InChI=1S/C14H18N4O2/c1-2-15-9-10-5-3-4-6-11(10)16-14(20)12-7-8-13(19)18-17-12/h3-6,15H,2,7-9H2,1H3,(H,16,20)(H,18,19). The predicted octanol–water partition coefficient (Wildman–Crippen LogP) is 1.00. The molecule has 0 spiro atoms. The van der Waals surface area contributed by atoms with Gasteiger partial charge in [0.05, 0.1) is 0 Å². The Morgan fingerprint density at radius 3 is 2.85 bits per heavy atom. The monoisotopic (exact) mass is 274 g/mol. The number of para-hydroxylation sites is 1. The molecule has 0 unspecified atom stereocenters. The van der Waals surface area contributed by atoms with Gasteiger partial charge in [0.25, 0.3) is 5.91 Å². The highest BCUT2D eigenvalue weighted by molar-refractivity contribution is 6.43. The highest BCUT2D eigenvalue weighted by Gasteiger charge is 2.18. The van der Waals surface area contributed by atoms with Crippen LogP contribution in [0, 0.1) is 0 Å². The molecule has 1 aliphatic heterocycles. The molecule has 0 bridgehead atoms. The summed E-state index contributed by atoms with van der Waals surface area (Å²) in [5.41, 5.74) is 4.45. The predicted molar refractivity (Wildman–Crippen MR) is 77.3 cm³/mol. The summed E-state index contributed by atoms with van der Waals surface area (Å²) in [7, 11) is 0. The summed E-state index contributed by atoms with van der Waals surface area (Å²) < 4.78 is 0. The van der Waals surface area contributed by atoms with E-state index in [-0.39, 0.29) is 11.8 Å². The number of nitrogens with zero attached hydrogens (tertiary/aromatic N) is 1. The highest BCUT2D eigenvalue weighted by atomic mass is 16.2. The van der Waals surface area contributed by atoms with Gasteiger partial charge in [-0.15, -0.1) is 0 Å². The molecule has 1 heterocycles. The molecule has 2 rings (SSSR count). The molecule has 6 heteroatoms. The minimum atomic E-state index is -0.269. The van der Waals surface area contributed by atoms with Gasteiger partial charge in [0.1, 0.15) is 5.71 Å². The van der Waals surface area contributed by atoms with Crippen LogP contribution < -0.4 is 16.1 Å². The van der Waals surface area contributed by atoms with Crippen molar-refractivity contribution in [3.63, 3.8) is 0 Å². The number of carbonyl (C=O) groups excluding carboxylic acids is 2. The molecule has 1 aliphatic rings. The number of nitrogens with one attached hydrogen (secondary N) is 3. The quantitative estimate of drug-likeness (QED) is 0.749. The molecular weight excluding hydrogens is 256 g/mol. The van der Waals surface area contributed by atoms with Crippen LogP contribution >= 0.6 is 0 Å². The molecule has 0 fully saturated rings. The number of hydrogen-bond donors (Lipinski definition) is 3. The highest BCUT2D eigenvalue weighted by Crippen LogP contribution is 2.15. The van der Waals surface area contributed by atoms with Crippen LogP contribution in [0.15, 0.2) is 29.4 Å². The van der Waals surface area contributed by atoms with Gasteiger partial charge in [-0.05, 0) is 18.2 Å². The van der Waals surface area contributed by atoms with Crippen molar-refractivity contribution >= 4 is 23.2 Å². The Balaban J connectivity index is 2.06. The topological polar surface area (TPSA) is 82.6 Å². The Labute approximate surface area is 117 Å². The van der Waals surface area contributed by atoms with Crippen LogP contribution in [0.2, 0.25) is 0 Å². The van der Waals surface area contributed by atoms with Crippen LogP contribution in [0.3, 0.4) is 0 Å². The van der Waals surface area contributed by atoms with Gasteiger partial charge in [-0.25, -0.2) is 5.43 Å². The van der Waals surface area contributed by atoms with E-state index in [1.165, 1.54) is 0 Å². The summed E-state index contributed by atoms with van der Waals surface area (Å²) >= 11 is 0. The Hall–Kier alpha value is -2.21. The van der Waals surface area contributed by atoms with Gasteiger partial charge < -0.3 is 10.6 Å². The maximum absolute atomic E-state index is 12.1. The van der Waals surface area contributed by atoms with Gasteiger partial charge in [0.2, 0.25) is 5.91 Å². The fourth-order valence-corrected chi connectivity index (χ4v) is 1.89. The fraction of sp³-hybridized carbons (Fsp3) is 0.357. The van der Waals surface area contributed by atoms with Crippen molar-refractivity contribution in [2.75, 3.05) is 11.9 Å². The second-order valence-electron chi connectivity index (χ2n) is 4.49. The molecule has 0 aromatic heterocycles. The molecule has 3 N–H and O–H groups in total. The third-order valence-electron chi connectivity index (χ3n) is 3.00. The van der Waals surface area contributed by atoms with Gasteiger partial charge in [0, 0.05) is 25.1 Å². The van der Waals surface area contributed by atoms with E-state index in [1.54, 1.807) is 0 Å². The molecule has 1 aromatic rings. The van der Waals surface area contributed by atoms with Crippen molar-refractivity contribution in [1.29, 1.82) is 0 Å². The Morgan fingerprint density at radius 1 is 1.35 bits per heavy atom. The van der Waals surface area contributed by atoms with Gasteiger partial charge in [-0.2, -0.15) is 5.10 Å². The lowest BCUT2D eigenvalue weighted by Crippen LogP contribution is -2.33. The third kappa shape index (κ3) is 3.64. The molecule has 0 radical (unpaired) electrons. The van der Waals surface area contributed by atoms with Gasteiger partial charge >= 0.3 is 0 Å². The first-order valence-corrected chi connectivity index (χ1v) is 6.66. The summed E-state index contributed by atoms with van der Waals surface area (Å²) in [6.45, 7) is 3.58. The molecule has 0 saturated heterocycles. The molecule has 2 amide bonds. The van der Waals surface area contributed by atoms with Crippen LogP contribution in [0.4, 0.5) is 5.69 Å². The number of rotatable bonds is 5. The van der Waals surface area contributed by atoms with Gasteiger partial charge in [-0.3, -0.25) is 9.59 Å². The van der Waals surface area contributed by atoms with Crippen molar-refractivity contribution in [3.05, 3.63) is 29.8 Å². The molecule has 0 saturated carbocycles. The van der Waals surface area contributed by atoms with E-state index in [0.717, 1.165) is 17.8 Å². The summed E-state index contributed by atoms with van der Waals surface area (Å²) in [5.74, 6) is -0.428. The first-order valence-electron chi connectivity index (χ1n) is 6.66. The van der Waals surface area contributed by atoms with Crippen LogP contribution in [-0.2, 0) is 16.1 Å². The third-order valence-corrected chi connectivity index (χ3v) is 3.00. The lowest BCUT2D eigenvalue weighted by molar-refractivity contribution is -0.121. The Kier molecular flexibility index (Phi) is 4.84. The molecule has 1 aromatic carbocycles. The van der Waals surface area contributed by atoms with Gasteiger partial charge in [-0.1, -0.05) is 25.1 Å². The number of hydrazone groups is 1. The van der Waals surface area contributed by atoms with Gasteiger partial charge in [0.15, 0.2) is 0 Å². The second-order valence-corrected chi connectivity index (χ2v) is 4.49. The van der Waals surface area contributed by atoms with E-state index < -0.39 is 0 Å². The molecule has 0 atom stereocenters. The van der Waals surface area contributed by atoms with Crippen LogP contribution in [0.5, 0.6) is 0 Å². The molecule has 106 valence electrons. The number of carbonyl (C=O) groups is 2. The van der Waals surface area contributed by atoms with E-state index in [4.69, 9.17) is 0 Å². The second kappa shape index (κ2) is 6.81. The largest absolute Gasteiger partial charge is 0.321 e. The van der Waals surface area contributed by atoms with Crippen molar-refractivity contribution in [2.24, 2.45) is 5.10 Å². The van der Waals surface area contributed by atoms with E-state index in [1.807, 2.05) is 31.2 Å². The lowest BCUT2D eigenvalue weighted by atomic mass is 10.1. The zero-order valence-corrected chi connectivity index (χ0v) is 11.4. The fourth-order valence-electron chi connectivity index (χ4n) is 1.89. The average molecular weight is 274 g/mol. The minimum Gasteiger partial charge on any atom is -0.321 e. The average Bonchev–Trinajstić information content (AvgIpc) is 2.47. The van der Waals surface area contributed by atoms with Crippen molar-refractivity contribution in [1.82, 2.24) is 10.7 Å². The van der Waals surface area contributed by atoms with E-state index >= 15 is 0 Å². The van der Waals surface area contributed by atoms with E-state index in [2.05, 4.69) is 21.2 Å². The van der Waals surface area contributed by atoms with Crippen LogP contribution in [-0.4, -0.2) is 24.1 Å². The maximum Gasteiger partial charge on any atom is 0.271 e. The lowest BCUT2D eigenvalue weighted by Gasteiger charge is -2.14. The smallest absolute Gasteiger partial charge is 0.271 e. The summed E-state index contributed by atoms with van der Waals surface area (Å²) in [5, 5.41) is 9.86.